The van der Waals surface area contributed by atoms with E-state index in [9.17, 15) is 4.79 Å². The lowest BCUT2D eigenvalue weighted by Crippen LogP contribution is -2.18. The summed E-state index contributed by atoms with van der Waals surface area (Å²) in [4.78, 5) is 13.1. The van der Waals surface area contributed by atoms with E-state index >= 15 is 0 Å². The molecule has 0 N–H and O–H groups in total. The van der Waals surface area contributed by atoms with Gasteiger partial charge in [-0.05, 0) is 5.56 Å². The number of hydrogen-bond acceptors (Lipinski definition) is 1. The molecule has 2 nitrogen and oxygen atoms in total. The van der Waals surface area contributed by atoms with E-state index in [0.717, 1.165) is 6.54 Å². The topological polar surface area (TPSA) is 20.3 Å². The number of likely N-dealkylation sites (tertiary alicyclic amines) is 1. The van der Waals surface area contributed by atoms with Crippen molar-refractivity contribution in [2.75, 3.05) is 13.6 Å². The van der Waals surface area contributed by atoms with E-state index in [1.54, 1.807) is 4.90 Å². The van der Waals surface area contributed by atoms with Gasteiger partial charge in [-0.2, -0.15) is 0 Å². The van der Waals surface area contributed by atoms with Crippen LogP contribution in [0.5, 0.6) is 0 Å². The highest BCUT2D eigenvalue weighted by Gasteiger charge is 2.27. The Balaban J connectivity index is 2.17. The van der Waals surface area contributed by atoms with Crippen LogP contribution in [-0.4, -0.2) is 24.4 Å². The summed E-state index contributed by atoms with van der Waals surface area (Å²) < 4.78 is 0. The number of hydrogen-bond donors (Lipinski definition) is 0. The zero-order valence-electron chi connectivity index (χ0n) is 7.73. The lowest BCUT2D eigenvalue weighted by molar-refractivity contribution is -0.126. The average Bonchev–Trinajstić information content (AvgIpc) is 2.49. The van der Waals surface area contributed by atoms with Crippen LogP contribution in [0.2, 0.25) is 0 Å². The molecule has 1 amide bonds. The van der Waals surface area contributed by atoms with Crippen molar-refractivity contribution in [2.24, 2.45) is 0 Å². The number of nitrogens with zero attached hydrogens (tertiary/aromatic N) is 1. The minimum absolute atomic E-state index is 0.258. The van der Waals surface area contributed by atoms with Crippen LogP contribution in [0.1, 0.15) is 17.9 Å². The molecule has 0 aliphatic carbocycles. The maximum atomic E-state index is 11.3. The summed E-state index contributed by atoms with van der Waals surface area (Å²) in [5.41, 5.74) is 1.28. The quantitative estimate of drug-likeness (QED) is 0.635. The Morgan fingerprint density at radius 2 is 2.00 bits per heavy atom. The van der Waals surface area contributed by atoms with Crippen LogP contribution < -0.4 is 0 Å². The molecule has 1 atom stereocenters. The van der Waals surface area contributed by atoms with E-state index in [0.29, 0.717) is 12.3 Å². The molecule has 1 fully saturated rings. The maximum Gasteiger partial charge on any atom is 0.223 e. The molecule has 2 rings (SSSR count). The molecule has 2 heteroatoms. The summed E-state index contributed by atoms with van der Waals surface area (Å²) in [5.74, 6) is 0.660. The fourth-order valence-corrected chi connectivity index (χ4v) is 1.81. The van der Waals surface area contributed by atoms with Gasteiger partial charge in [-0.15, -0.1) is 0 Å². The highest BCUT2D eigenvalue weighted by atomic mass is 16.2. The molecule has 1 aromatic rings. The number of carbonyl (C=O) groups is 1. The van der Waals surface area contributed by atoms with E-state index in [1.165, 1.54) is 5.56 Å². The average molecular weight is 175 g/mol. The van der Waals surface area contributed by atoms with E-state index in [-0.39, 0.29) is 5.91 Å². The molecule has 68 valence electrons. The van der Waals surface area contributed by atoms with Gasteiger partial charge in [0.1, 0.15) is 0 Å². The highest BCUT2D eigenvalue weighted by molar-refractivity contribution is 5.79. The van der Waals surface area contributed by atoms with Crippen LogP contribution >= 0.6 is 0 Å². The monoisotopic (exact) mass is 175 g/mol. The zero-order valence-corrected chi connectivity index (χ0v) is 7.73. The second-order valence-corrected chi connectivity index (χ2v) is 3.59. The van der Waals surface area contributed by atoms with Crippen molar-refractivity contribution >= 4 is 5.91 Å². The Morgan fingerprint density at radius 3 is 2.54 bits per heavy atom. The van der Waals surface area contributed by atoms with Crippen molar-refractivity contribution < 1.29 is 4.79 Å². The molecule has 0 bridgehead atoms. The Kier molecular flexibility index (Phi) is 2.05. The molecular formula is C11H13NO. The van der Waals surface area contributed by atoms with Crippen LogP contribution in [0.25, 0.3) is 0 Å². The molecule has 0 spiro atoms. The van der Waals surface area contributed by atoms with Crippen molar-refractivity contribution in [2.45, 2.75) is 12.3 Å². The number of amides is 1. The molecule has 0 aromatic heterocycles. The molecule has 0 saturated carbocycles. The van der Waals surface area contributed by atoms with Crippen molar-refractivity contribution in [1.82, 2.24) is 4.90 Å². The Hall–Kier alpha value is -1.31. The second-order valence-electron chi connectivity index (χ2n) is 3.59. The van der Waals surface area contributed by atoms with Gasteiger partial charge in [0.15, 0.2) is 0 Å². The number of rotatable bonds is 1. The minimum Gasteiger partial charge on any atom is -0.345 e. The number of carbonyl (C=O) groups excluding carboxylic acids is 1. The summed E-state index contributed by atoms with van der Waals surface area (Å²) >= 11 is 0. The second kappa shape index (κ2) is 3.21. The van der Waals surface area contributed by atoms with E-state index < -0.39 is 0 Å². The predicted molar refractivity (Wildman–Crippen MR) is 51.4 cm³/mol. The summed E-state index contributed by atoms with van der Waals surface area (Å²) in [6.45, 7) is 0.864. The van der Waals surface area contributed by atoms with Gasteiger partial charge in [0.25, 0.3) is 0 Å². The van der Waals surface area contributed by atoms with Crippen molar-refractivity contribution in [3.63, 3.8) is 0 Å². The smallest absolute Gasteiger partial charge is 0.223 e. The lowest BCUT2D eigenvalue weighted by Gasteiger charge is -2.09. The molecule has 1 saturated heterocycles. The van der Waals surface area contributed by atoms with Gasteiger partial charge in [-0.3, -0.25) is 4.79 Å². The predicted octanol–water partition coefficient (Wildman–Crippen LogP) is 1.63. The summed E-state index contributed by atoms with van der Waals surface area (Å²) in [6.07, 6.45) is 0.667. The van der Waals surface area contributed by atoms with Gasteiger partial charge in [0, 0.05) is 25.9 Å². The molecule has 1 aliphatic heterocycles. The first-order valence-corrected chi connectivity index (χ1v) is 4.56. The first-order chi connectivity index (χ1) is 6.27. The van der Waals surface area contributed by atoms with Gasteiger partial charge in [-0.1, -0.05) is 30.3 Å². The highest BCUT2D eigenvalue weighted by Crippen LogP contribution is 2.26. The van der Waals surface area contributed by atoms with Crippen molar-refractivity contribution in [3.8, 4) is 0 Å². The Morgan fingerprint density at radius 1 is 1.31 bits per heavy atom. The van der Waals surface area contributed by atoms with Crippen molar-refractivity contribution in [3.05, 3.63) is 35.9 Å². The standard InChI is InChI=1S/C11H13NO/c1-12-8-10(7-11(12)13)9-5-3-2-4-6-9/h2-6,10H,7-8H2,1H3. The van der Waals surface area contributed by atoms with Crippen LogP contribution in [-0.2, 0) is 4.79 Å². The van der Waals surface area contributed by atoms with Gasteiger partial charge in [0.2, 0.25) is 5.91 Å². The van der Waals surface area contributed by atoms with Crippen LogP contribution in [0, 0.1) is 0 Å². The van der Waals surface area contributed by atoms with Gasteiger partial charge in [-0.25, -0.2) is 0 Å². The SMILES string of the molecule is CN1CC(c2ccccc2)CC1=O. The molecular weight excluding hydrogens is 162 g/mol. The fraction of sp³-hybridized carbons (Fsp3) is 0.364. The summed E-state index contributed by atoms with van der Waals surface area (Å²) in [5, 5.41) is 0. The summed E-state index contributed by atoms with van der Waals surface area (Å²) in [7, 11) is 1.87. The largest absolute Gasteiger partial charge is 0.345 e. The van der Waals surface area contributed by atoms with Crippen LogP contribution in [0.15, 0.2) is 30.3 Å². The Bertz CT molecular complexity index is 307. The third-order valence-electron chi connectivity index (χ3n) is 2.61. The van der Waals surface area contributed by atoms with E-state index in [2.05, 4.69) is 12.1 Å². The zero-order chi connectivity index (χ0) is 9.26. The normalized spacial score (nSPS) is 22.4. The Labute approximate surface area is 78.2 Å². The molecule has 13 heavy (non-hydrogen) atoms. The number of benzene rings is 1. The van der Waals surface area contributed by atoms with Gasteiger partial charge < -0.3 is 4.90 Å². The third-order valence-corrected chi connectivity index (χ3v) is 2.61. The lowest BCUT2D eigenvalue weighted by atomic mass is 9.99. The van der Waals surface area contributed by atoms with Crippen LogP contribution in [0.3, 0.4) is 0 Å². The number of likely N-dealkylation sites (N-methyl/N-ethyl adjacent to an activating group) is 1. The van der Waals surface area contributed by atoms with E-state index in [1.807, 2.05) is 25.2 Å². The van der Waals surface area contributed by atoms with Gasteiger partial charge in [0.05, 0.1) is 0 Å². The molecule has 1 aliphatic rings. The summed E-state index contributed by atoms with van der Waals surface area (Å²) in [6, 6.07) is 10.2. The van der Waals surface area contributed by atoms with E-state index in [4.69, 9.17) is 0 Å². The fourth-order valence-electron chi connectivity index (χ4n) is 1.81. The first kappa shape index (κ1) is 8.30. The minimum atomic E-state index is 0.258. The maximum absolute atomic E-state index is 11.3. The molecule has 1 aromatic carbocycles. The van der Waals surface area contributed by atoms with Crippen LogP contribution in [0.4, 0.5) is 0 Å². The molecule has 0 radical (unpaired) electrons. The van der Waals surface area contributed by atoms with Gasteiger partial charge >= 0.3 is 0 Å². The third kappa shape index (κ3) is 1.57. The molecule has 1 heterocycles. The first-order valence-electron chi connectivity index (χ1n) is 4.56. The molecule has 1 unspecified atom stereocenters. The van der Waals surface area contributed by atoms with Crippen molar-refractivity contribution in [1.29, 1.82) is 0 Å².